The lowest BCUT2D eigenvalue weighted by Gasteiger charge is -2.26. The van der Waals surface area contributed by atoms with E-state index in [1.54, 1.807) is 0 Å². The smallest absolute Gasteiger partial charge is 0.393 e. The molecule has 2 aromatic rings. The van der Waals surface area contributed by atoms with Crippen LogP contribution in [0.5, 0.6) is 0 Å². The number of nitriles is 1. The summed E-state index contributed by atoms with van der Waals surface area (Å²) >= 11 is 5.77. The monoisotopic (exact) mass is 542 g/mol. The number of halogens is 5. The predicted octanol–water partition coefficient (Wildman–Crippen LogP) is 1.94. The van der Waals surface area contributed by atoms with Gasteiger partial charge in [0, 0.05) is 13.1 Å². The van der Waals surface area contributed by atoms with Crippen molar-refractivity contribution in [1.82, 2.24) is 4.31 Å². The van der Waals surface area contributed by atoms with E-state index in [9.17, 15) is 44.6 Å². The van der Waals surface area contributed by atoms with Gasteiger partial charge in [-0.15, -0.1) is 0 Å². The molecule has 3 rings (SSSR count). The maximum Gasteiger partial charge on any atom is 0.416 e. The van der Waals surface area contributed by atoms with Crippen molar-refractivity contribution >= 4 is 31.5 Å². The summed E-state index contributed by atoms with van der Waals surface area (Å²) in [6.45, 7) is -3.06. The molecule has 1 heterocycles. The number of rotatable bonds is 5. The molecule has 1 aliphatic heterocycles. The second-order valence-corrected chi connectivity index (χ2v) is 11.9. The minimum absolute atomic E-state index is 0.385. The summed E-state index contributed by atoms with van der Waals surface area (Å²) in [4.78, 5) is -1.45. The summed E-state index contributed by atoms with van der Waals surface area (Å²) in [5.74, 6) is -1.17. The topological polar surface area (TPSA) is 136 Å². The molecule has 2 aromatic carbocycles. The maximum absolute atomic E-state index is 14.0. The van der Waals surface area contributed by atoms with Gasteiger partial charge in [0.15, 0.2) is 9.84 Å². The van der Waals surface area contributed by atoms with Gasteiger partial charge in [0.1, 0.15) is 27.6 Å². The Kier molecular flexibility index (Phi) is 6.77. The summed E-state index contributed by atoms with van der Waals surface area (Å²) in [6.07, 6.45) is -4.80. The summed E-state index contributed by atoms with van der Waals surface area (Å²) in [5, 5.41) is 26.5. The van der Waals surface area contributed by atoms with E-state index in [0.717, 1.165) is 12.1 Å². The standard InChI is InChI=1S/C19H15ClF4N2O6S2/c20-14-5-12(19(22,23)24)2-4-16(14)34(31,32)26-8-17(18(28,9-26)10-27)33(29,30)13-3-1-11(7-25)15(21)6-13/h1-6,17,27-28H,8-10H2/t17-,18+/m0/s1. The van der Waals surface area contributed by atoms with Gasteiger partial charge in [0.2, 0.25) is 10.0 Å². The highest BCUT2D eigenvalue weighted by molar-refractivity contribution is 7.92. The van der Waals surface area contributed by atoms with Crippen LogP contribution in [0, 0.1) is 17.1 Å². The fourth-order valence-electron chi connectivity index (χ4n) is 3.50. The second kappa shape index (κ2) is 8.74. The third-order valence-corrected chi connectivity index (χ3v) is 9.88. The van der Waals surface area contributed by atoms with Crippen molar-refractivity contribution in [2.75, 3.05) is 19.7 Å². The first-order valence-electron chi connectivity index (χ1n) is 9.21. The van der Waals surface area contributed by atoms with Crippen LogP contribution in [-0.2, 0) is 26.0 Å². The van der Waals surface area contributed by atoms with Gasteiger partial charge in [-0.25, -0.2) is 21.2 Å². The SMILES string of the molecule is N#Cc1ccc(S(=O)(=O)[C@H]2CN(S(=O)(=O)c3ccc(C(F)(F)F)cc3Cl)C[C@@]2(O)CO)cc1F. The first kappa shape index (κ1) is 26.3. The van der Waals surface area contributed by atoms with Crippen LogP contribution in [0.4, 0.5) is 17.6 Å². The van der Waals surface area contributed by atoms with Gasteiger partial charge in [0.25, 0.3) is 0 Å². The van der Waals surface area contributed by atoms with Crippen molar-refractivity contribution in [2.45, 2.75) is 26.8 Å². The van der Waals surface area contributed by atoms with Crippen LogP contribution in [0.15, 0.2) is 46.2 Å². The zero-order valence-corrected chi connectivity index (χ0v) is 19.2. The lowest BCUT2D eigenvalue weighted by Crippen LogP contribution is -2.49. The Morgan fingerprint density at radius 2 is 1.82 bits per heavy atom. The maximum atomic E-state index is 14.0. The molecule has 1 fully saturated rings. The molecular weight excluding hydrogens is 528 g/mol. The normalized spacial score (nSPS) is 22.0. The zero-order chi connectivity index (χ0) is 25.7. The molecule has 1 saturated heterocycles. The van der Waals surface area contributed by atoms with Gasteiger partial charge < -0.3 is 10.2 Å². The fraction of sp³-hybridized carbons (Fsp3) is 0.316. The number of hydrogen-bond acceptors (Lipinski definition) is 7. The van der Waals surface area contributed by atoms with Gasteiger partial charge in [-0.1, -0.05) is 11.6 Å². The van der Waals surface area contributed by atoms with Crippen LogP contribution in [-0.4, -0.2) is 61.9 Å². The lowest BCUT2D eigenvalue weighted by molar-refractivity contribution is -0.137. The van der Waals surface area contributed by atoms with Gasteiger partial charge in [-0.3, -0.25) is 0 Å². The van der Waals surface area contributed by atoms with E-state index in [1.165, 1.54) is 6.07 Å². The molecule has 15 heteroatoms. The summed E-state index contributed by atoms with van der Waals surface area (Å²) in [6, 6.07) is 5.25. The highest BCUT2D eigenvalue weighted by Gasteiger charge is 2.55. The van der Waals surface area contributed by atoms with Crippen LogP contribution < -0.4 is 0 Å². The third-order valence-electron chi connectivity index (χ3n) is 5.33. The Hall–Kier alpha value is -2.28. The summed E-state index contributed by atoms with van der Waals surface area (Å²) in [5.41, 5.74) is -4.20. The molecule has 0 unspecified atom stereocenters. The fourth-order valence-corrected chi connectivity index (χ4v) is 7.59. The van der Waals surface area contributed by atoms with Gasteiger partial charge in [-0.2, -0.15) is 22.7 Å². The molecular formula is C19H15ClF4N2O6S2. The molecule has 1 aliphatic rings. The number of hydrogen-bond donors (Lipinski definition) is 2. The summed E-state index contributed by atoms with van der Waals surface area (Å²) < 4.78 is 105. The molecule has 0 aliphatic carbocycles. The van der Waals surface area contributed by atoms with Crippen LogP contribution in [0.3, 0.4) is 0 Å². The second-order valence-electron chi connectivity index (χ2n) is 7.49. The number of sulfonamides is 1. The first-order valence-corrected chi connectivity index (χ1v) is 12.6. The van der Waals surface area contributed by atoms with Crippen molar-refractivity contribution in [2.24, 2.45) is 0 Å². The van der Waals surface area contributed by atoms with Gasteiger partial charge >= 0.3 is 6.18 Å². The number of sulfone groups is 1. The third kappa shape index (κ3) is 4.51. The molecule has 34 heavy (non-hydrogen) atoms. The largest absolute Gasteiger partial charge is 0.416 e. The average Bonchev–Trinajstić information content (AvgIpc) is 3.12. The average molecular weight is 543 g/mol. The number of alkyl halides is 3. The van der Waals surface area contributed by atoms with E-state index in [0.29, 0.717) is 28.6 Å². The van der Waals surface area contributed by atoms with E-state index in [-0.39, 0.29) is 0 Å². The van der Waals surface area contributed by atoms with Crippen LogP contribution in [0.1, 0.15) is 11.1 Å². The number of aliphatic hydroxyl groups is 2. The molecule has 0 amide bonds. The van der Waals surface area contributed by atoms with Crippen molar-refractivity contribution in [1.29, 1.82) is 5.26 Å². The molecule has 0 radical (unpaired) electrons. The molecule has 0 aromatic heterocycles. The molecule has 2 N–H and O–H groups in total. The molecule has 0 saturated carbocycles. The number of nitrogens with zero attached hydrogens (tertiary/aromatic N) is 2. The molecule has 2 atom stereocenters. The first-order chi connectivity index (χ1) is 15.6. The lowest BCUT2D eigenvalue weighted by atomic mass is 10.1. The quantitative estimate of drug-likeness (QED) is 0.551. The Morgan fingerprint density at radius 1 is 1.18 bits per heavy atom. The predicted molar refractivity (Wildman–Crippen MR) is 109 cm³/mol. The molecule has 8 nitrogen and oxygen atoms in total. The molecule has 0 spiro atoms. The van der Waals surface area contributed by atoms with Crippen LogP contribution in [0.2, 0.25) is 5.02 Å². The van der Waals surface area contributed by atoms with E-state index in [4.69, 9.17) is 16.9 Å². The molecule has 0 bridgehead atoms. The Bertz CT molecular complexity index is 1390. The van der Waals surface area contributed by atoms with E-state index >= 15 is 0 Å². The highest BCUT2D eigenvalue weighted by Crippen LogP contribution is 2.38. The molecule has 184 valence electrons. The van der Waals surface area contributed by atoms with Gasteiger partial charge in [0.05, 0.1) is 27.7 Å². The van der Waals surface area contributed by atoms with Crippen molar-refractivity contribution < 1.29 is 44.6 Å². The van der Waals surface area contributed by atoms with E-state index in [1.807, 2.05) is 0 Å². The summed E-state index contributed by atoms with van der Waals surface area (Å²) in [7, 11) is -9.39. The Morgan fingerprint density at radius 3 is 2.32 bits per heavy atom. The Balaban J connectivity index is 2.03. The number of benzene rings is 2. The van der Waals surface area contributed by atoms with Gasteiger partial charge in [-0.05, 0) is 36.4 Å². The van der Waals surface area contributed by atoms with E-state index in [2.05, 4.69) is 0 Å². The van der Waals surface area contributed by atoms with Crippen LogP contribution in [0.25, 0.3) is 0 Å². The van der Waals surface area contributed by atoms with Crippen LogP contribution >= 0.6 is 11.6 Å². The number of aliphatic hydroxyl groups excluding tert-OH is 1. The minimum atomic E-state index is -4.80. The Labute approximate surface area is 196 Å². The number of β-amino-alcohol motifs (C(OH)–C–C–N with tert-alkyl or cyclic N) is 1. The van der Waals surface area contributed by atoms with Crippen molar-refractivity contribution in [3.05, 3.63) is 58.4 Å². The van der Waals surface area contributed by atoms with Crippen molar-refractivity contribution in [3.63, 3.8) is 0 Å². The zero-order valence-electron chi connectivity index (χ0n) is 16.8. The van der Waals surface area contributed by atoms with E-state index < -0.39 is 88.3 Å². The minimum Gasteiger partial charge on any atom is -0.393 e. The highest BCUT2D eigenvalue weighted by atomic mass is 35.5. The van der Waals surface area contributed by atoms with Crippen molar-refractivity contribution in [3.8, 4) is 6.07 Å².